The molecule has 3 aromatic rings. The molecule has 3 rings (SSSR count). The molecule has 0 saturated carbocycles. The Morgan fingerprint density at radius 1 is 1.15 bits per heavy atom. The number of pyridine rings is 1. The summed E-state index contributed by atoms with van der Waals surface area (Å²) >= 11 is 0. The van der Waals surface area contributed by atoms with Crippen molar-refractivity contribution in [1.82, 2.24) is 14.7 Å². The highest BCUT2D eigenvalue weighted by molar-refractivity contribution is 5.93. The molecule has 0 aliphatic rings. The van der Waals surface area contributed by atoms with Gasteiger partial charge in [0.05, 0.1) is 6.54 Å². The van der Waals surface area contributed by atoms with Gasteiger partial charge in [-0.15, -0.1) is 0 Å². The van der Waals surface area contributed by atoms with Crippen molar-refractivity contribution in [2.75, 3.05) is 13.2 Å². The van der Waals surface area contributed by atoms with Crippen molar-refractivity contribution in [3.05, 3.63) is 76.3 Å². The standard InChI is InChI=1S/C21H23N3O3/c1-21(2,3)15-7-9-16(10-8-15)27-13-11-22-19(25)17-14-23-18-6-4-5-12-24(18)20(17)26/h4-10,12,14H,11,13H2,1-3H3,(H,22,25). The van der Waals surface area contributed by atoms with Crippen LogP contribution in [-0.4, -0.2) is 28.4 Å². The van der Waals surface area contributed by atoms with Crippen molar-refractivity contribution in [1.29, 1.82) is 0 Å². The lowest BCUT2D eigenvalue weighted by Crippen LogP contribution is -2.33. The lowest BCUT2D eigenvalue weighted by Gasteiger charge is -2.19. The van der Waals surface area contributed by atoms with Crippen molar-refractivity contribution < 1.29 is 9.53 Å². The summed E-state index contributed by atoms with van der Waals surface area (Å²) in [5.41, 5.74) is 1.44. The van der Waals surface area contributed by atoms with E-state index in [9.17, 15) is 9.59 Å². The van der Waals surface area contributed by atoms with Crippen LogP contribution in [0.2, 0.25) is 0 Å². The molecule has 6 heteroatoms. The van der Waals surface area contributed by atoms with Gasteiger partial charge in [-0.05, 0) is 35.2 Å². The number of carbonyl (C=O) groups excluding carboxylic acids is 1. The summed E-state index contributed by atoms with van der Waals surface area (Å²) in [7, 11) is 0. The highest BCUT2D eigenvalue weighted by Gasteiger charge is 2.14. The van der Waals surface area contributed by atoms with Gasteiger partial charge in [0.25, 0.3) is 11.5 Å². The van der Waals surface area contributed by atoms with E-state index in [1.54, 1.807) is 24.4 Å². The molecule has 0 fully saturated rings. The number of hydrogen-bond donors (Lipinski definition) is 1. The molecule has 0 spiro atoms. The first-order valence-electron chi connectivity index (χ1n) is 8.84. The van der Waals surface area contributed by atoms with Crippen LogP contribution < -0.4 is 15.6 Å². The number of carbonyl (C=O) groups is 1. The Morgan fingerprint density at radius 2 is 1.89 bits per heavy atom. The van der Waals surface area contributed by atoms with Gasteiger partial charge in [0.2, 0.25) is 0 Å². The zero-order valence-electron chi connectivity index (χ0n) is 15.7. The largest absolute Gasteiger partial charge is 0.492 e. The molecule has 1 amide bonds. The van der Waals surface area contributed by atoms with Crippen LogP contribution in [0.25, 0.3) is 5.65 Å². The first-order valence-corrected chi connectivity index (χ1v) is 8.84. The van der Waals surface area contributed by atoms with Crippen LogP contribution in [0.3, 0.4) is 0 Å². The molecule has 1 aromatic carbocycles. The fourth-order valence-electron chi connectivity index (χ4n) is 2.66. The fraction of sp³-hybridized carbons (Fsp3) is 0.286. The molecule has 0 aliphatic carbocycles. The molecule has 2 heterocycles. The maximum atomic E-state index is 12.4. The Balaban J connectivity index is 1.56. The van der Waals surface area contributed by atoms with Gasteiger partial charge in [0, 0.05) is 12.4 Å². The molecular formula is C21H23N3O3. The van der Waals surface area contributed by atoms with Crippen LogP contribution >= 0.6 is 0 Å². The monoisotopic (exact) mass is 365 g/mol. The third kappa shape index (κ3) is 4.34. The lowest BCUT2D eigenvalue weighted by atomic mass is 9.87. The van der Waals surface area contributed by atoms with E-state index in [0.717, 1.165) is 5.75 Å². The molecule has 0 radical (unpaired) electrons. The SMILES string of the molecule is CC(C)(C)c1ccc(OCCNC(=O)c2cnc3ccccn3c2=O)cc1. The van der Waals surface area contributed by atoms with Crippen LogP contribution in [-0.2, 0) is 5.41 Å². The Kier molecular flexibility index (Phi) is 5.26. The van der Waals surface area contributed by atoms with Gasteiger partial charge in [0.15, 0.2) is 0 Å². The van der Waals surface area contributed by atoms with Crippen molar-refractivity contribution >= 4 is 11.6 Å². The van der Waals surface area contributed by atoms with Crippen LogP contribution in [0.15, 0.2) is 59.7 Å². The van der Waals surface area contributed by atoms with E-state index < -0.39 is 11.5 Å². The number of aromatic nitrogens is 2. The maximum Gasteiger partial charge on any atom is 0.270 e. The number of fused-ring (bicyclic) bond motifs is 1. The van der Waals surface area contributed by atoms with E-state index in [4.69, 9.17) is 4.74 Å². The number of nitrogens with zero attached hydrogens (tertiary/aromatic N) is 2. The minimum absolute atomic E-state index is 0.00762. The average molecular weight is 365 g/mol. The average Bonchev–Trinajstić information content (AvgIpc) is 2.65. The third-order valence-electron chi connectivity index (χ3n) is 4.23. The summed E-state index contributed by atoms with van der Waals surface area (Å²) < 4.78 is 7.00. The summed E-state index contributed by atoms with van der Waals surface area (Å²) in [6.45, 7) is 7.06. The first kappa shape index (κ1) is 18.6. The van der Waals surface area contributed by atoms with Crippen LogP contribution in [0.5, 0.6) is 5.75 Å². The topological polar surface area (TPSA) is 72.7 Å². The van der Waals surface area contributed by atoms with Gasteiger partial charge in [-0.1, -0.05) is 39.0 Å². The van der Waals surface area contributed by atoms with E-state index in [2.05, 4.69) is 31.1 Å². The Morgan fingerprint density at radius 3 is 2.59 bits per heavy atom. The van der Waals surface area contributed by atoms with Crippen molar-refractivity contribution in [3.8, 4) is 5.75 Å². The maximum absolute atomic E-state index is 12.4. The van der Waals surface area contributed by atoms with Gasteiger partial charge in [0.1, 0.15) is 23.6 Å². The Hall–Kier alpha value is -3.15. The first-order chi connectivity index (χ1) is 12.9. The second-order valence-electron chi connectivity index (χ2n) is 7.28. The second-order valence-corrected chi connectivity index (χ2v) is 7.28. The Bertz CT molecular complexity index is 1000. The minimum Gasteiger partial charge on any atom is -0.492 e. The summed E-state index contributed by atoms with van der Waals surface area (Å²) in [6.07, 6.45) is 2.89. The molecule has 27 heavy (non-hydrogen) atoms. The van der Waals surface area contributed by atoms with Gasteiger partial charge in [-0.2, -0.15) is 0 Å². The molecule has 6 nitrogen and oxygen atoms in total. The fourth-order valence-corrected chi connectivity index (χ4v) is 2.66. The molecule has 0 bridgehead atoms. The molecular weight excluding hydrogens is 342 g/mol. The normalized spacial score (nSPS) is 11.4. The predicted octanol–water partition coefficient (Wildman–Crippen LogP) is 2.80. The summed E-state index contributed by atoms with van der Waals surface area (Å²) in [5.74, 6) is 0.280. The van der Waals surface area contributed by atoms with Gasteiger partial charge in [-0.3, -0.25) is 14.0 Å². The minimum atomic E-state index is -0.461. The lowest BCUT2D eigenvalue weighted by molar-refractivity contribution is 0.0945. The summed E-state index contributed by atoms with van der Waals surface area (Å²) in [4.78, 5) is 28.8. The van der Waals surface area contributed by atoms with E-state index in [1.807, 2.05) is 24.3 Å². The van der Waals surface area contributed by atoms with Crippen molar-refractivity contribution in [3.63, 3.8) is 0 Å². The zero-order valence-corrected chi connectivity index (χ0v) is 15.7. The summed E-state index contributed by atoms with van der Waals surface area (Å²) in [5, 5.41) is 2.69. The number of ether oxygens (including phenoxy) is 1. The van der Waals surface area contributed by atoms with Crippen molar-refractivity contribution in [2.24, 2.45) is 0 Å². The molecule has 1 N–H and O–H groups in total. The van der Waals surface area contributed by atoms with Crippen LogP contribution in [0.4, 0.5) is 0 Å². The molecule has 140 valence electrons. The molecule has 0 saturated heterocycles. The molecule has 0 aliphatic heterocycles. The van der Waals surface area contributed by atoms with Gasteiger partial charge >= 0.3 is 0 Å². The van der Waals surface area contributed by atoms with Crippen LogP contribution in [0, 0.1) is 0 Å². The number of hydrogen-bond acceptors (Lipinski definition) is 4. The highest BCUT2D eigenvalue weighted by Crippen LogP contribution is 2.24. The van der Waals surface area contributed by atoms with E-state index in [-0.39, 0.29) is 17.5 Å². The number of amides is 1. The van der Waals surface area contributed by atoms with Gasteiger partial charge in [-0.25, -0.2) is 4.98 Å². The number of benzene rings is 1. The predicted molar refractivity (Wildman–Crippen MR) is 104 cm³/mol. The Labute approximate surface area is 157 Å². The number of nitrogens with one attached hydrogen (secondary N) is 1. The highest BCUT2D eigenvalue weighted by atomic mass is 16.5. The zero-order chi connectivity index (χ0) is 19.4. The van der Waals surface area contributed by atoms with Crippen molar-refractivity contribution in [2.45, 2.75) is 26.2 Å². The summed E-state index contributed by atoms with van der Waals surface area (Å²) in [6, 6.07) is 13.1. The second kappa shape index (κ2) is 7.61. The molecule has 0 atom stereocenters. The van der Waals surface area contributed by atoms with E-state index in [0.29, 0.717) is 12.3 Å². The van der Waals surface area contributed by atoms with Crippen LogP contribution in [0.1, 0.15) is 36.7 Å². The van der Waals surface area contributed by atoms with Gasteiger partial charge < -0.3 is 10.1 Å². The smallest absolute Gasteiger partial charge is 0.270 e. The molecule has 0 unspecified atom stereocenters. The third-order valence-corrected chi connectivity index (χ3v) is 4.23. The quantitative estimate of drug-likeness (QED) is 0.706. The van der Waals surface area contributed by atoms with E-state index >= 15 is 0 Å². The molecule has 2 aromatic heterocycles. The number of rotatable bonds is 5. The van der Waals surface area contributed by atoms with E-state index in [1.165, 1.54) is 16.2 Å².